The van der Waals surface area contributed by atoms with Gasteiger partial charge in [0, 0.05) is 35.0 Å². The second kappa shape index (κ2) is 5.89. The number of nitrogens with one attached hydrogen (secondary N) is 1. The Labute approximate surface area is 125 Å². The lowest BCUT2D eigenvalue weighted by molar-refractivity contribution is 0.434. The Hall–Kier alpha value is -1.46. The maximum absolute atomic E-state index is 13.8. The van der Waals surface area contributed by atoms with Gasteiger partial charge in [0.1, 0.15) is 5.75 Å². The van der Waals surface area contributed by atoms with Crippen molar-refractivity contribution in [1.82, 2.24) is 10.3 Å². The number of hydrogen-bond acceptors (Lipinski definition) is 3. The van der Waals surface area contributed by atoms with E-state index in [1.165, 1.54) is 18.9 Å². The van der Waals surface area contributed by atoms with Gasteiger partial charge in [-0.15, -0.1) is 0 Å². The lowest BCUT2D eigenvalue weighted by Crippen LogP contribution is -2.15. The van der Waals surface area contributed by atoms with Crippen LogP contribution in [0.4, 0.5) is 4.39 Å². The standard InChI is InChI=1S/C15H14BrFN2O/c16-11-1-4-15(13(17)7-11)20-14-5-6-18-8-10(14)9-19-12-2-3-12/h1,4-8,12,19H,2-3,9H2. The largest absolute Gasteiger partial charge is 0.454 e. The first kappa shape index (κ1) is 13.5. The van der Waals surface area contributed by atoms with Crippen molar-refractivity contribution < 1.29 is 9.13 Å². The average molecular weight is 337 g/mol. The topological polar surface area (TPSA) is 34.1 Å². The van der Waals surface area contributed by atoms with Crippen molar-refractivity contribution in [2.45, 2.75) is 25.4 Å². The van der Waals surface area contributed by atoms with Crippen LogP contribution in [0.25, 0.3) is 0 Å². The van der Waals surface area contributed by atoms with Gasteiger partial charge in [0.05, 0.1) is 0 Å². The molecular formula is C15H14BrFN2O. The summed E-state index contributed by atoms with van der Waals surface area (Å²) < 4.78 is 20.2. The normalized spacial score (nSPS) is 14.3. The molecule has 1 aliphatic rings. The predicted molar refractivity (Wildman–Crippen MR) is 78.3 cm³/mol. The molecule has 3 nitrogen and oxygen atoms in total. The van der Waals surface area contributed by atoms with E-state index in [1.54, 1.807) is 30.6 Å². The van der Waals surface area contributed by atoms with Gasteiger partial charge in [0.2, 0.25) is 0 Å². The van der Waals surface area contributed by atoms with Crippen molar-refractivity contribution >= 4 is 15.9 Å². The SMILES string of the molecule is Fc1cc(Br)ccc1Oc1ccncc1CNC1CC1. The summed E-state index contributed by atoms with van der Waals surface area (Å²) in [6.07, 6.45) is 5.84. The van der Waals surface area contributed by atoms with E-state index in [-0.39, 0.29) is 5.75 Å². The van der Waals surface area contributed by atoms with Crippen molar-refractivity contribution in [3.8, 4) is 11.5 Å². The zero-order valence-corrected chi connectivity index (χ0v) is 12.4. The maximum Gasteiger partial charge on any atom is 0.166 e. The number of aromatic nitrogens is 1. The summed E-state index contributed by atoms with van der Waals surface area (Å²) in [7, 11) is 0. The quantitative estimate of drug-likeness (QED) is 0.895. The van der Waals surface area contributed by atoms with Crippen LogP contribution in [0.15, 0.2) is 41.1 Å². The number of nitrogens with zero attached hydrogens (tertiary/aromatic N) is 1. The van der Waals surface area contributed by atoms with Crippen molar-refractivity contribution in [2.24, 2.45) is 0 Å². The molecule has 0 saturated heterocycles. The van der Waals surface area contributed by atoms with Crippen molar-refractivity contribution in [1.29, 1.82) is 0 Å². The van der Waals surface area contributed by atoms with Crippen LogP contribution in [0.1, 0.15) is 18.4 Å². The Morgan fingerprint density at radius 1 is 1.30 bits per heavy atom. The fourth-order valence-electron chi connectivity index (χ4n) is 1.86. The summed E-state index contributed by atoms with van der Waals surface area (Å²) in [4.78, 5) is 4.10. The van der Waals surface area contributed by atoms with Gasteiger partial charge in [-0.3, -0.25) is 4.98 Å². The monoisotopic (exact) mass is 336 g/mol. The van der Waals surface area contributed by atoms with E-state index in [0.717, 1.165) is 5.56 Å². The van der Waals surface area contributed by atoms with E-state index in [0.29, 0.717) is 22.8 Å². The summed E-state index contributed by atoms with van der Waals surface area (Å²) >= 11 is 3.23. The van der Waals surface area contributed by atoms with E-state index in [9.17, 15) is 4.39 Å². The molecule has 0 amide bonds. The third-order valence-electron chi connectivity index (χ3n) is 3.13. The lowest BCUT2D eigenvalue weighted by Gasteiger charge is -2.12. The molecule has 1 N–H and O–H groups in total. The molecule has 104 valence electrons. The van der Waals surface area contributed by atoms with E-state index in [4.69, 9.17) is 4.74 Å². The van der Waals surface area contributed by atoms with Gasteiger partial charge in [-0.2, -0.15) is 0 Å². The molecule has 1 fully saturated rings. The first-order chi connectivity index (χ1) is 9.72. The Kier molecular flexibility index (Phi) is 3.98. The van der Waals surface area contributed by atoms with Gasteiger partial charge >= 0.3 is 0 Å². The molecule has 1 aromatic heterocycles. The highest BCUT2D eigenvalue weighted by Gasteiger charge is 2.20. The zero-order valence-electron chi connectivity index (χ0n) is 10.8. The Morgan fingerprint density at radius 3 is 2.90 bits per heavy atom. The number of halogens is 2. The molecule has 1 aliphatic carbocycles. The molecule has 0 atom stereocenters. The molecule has 2 aromatic rings. The van der Waals surface area contributed by atoms with Gasteiger partial charge in [0.15, 0.2) is 11.6 Å². The Balaban J connectivity index is 1.78. The maximum atomic E-state index is 13.8. The molecule has 3 rings (SSSR count). The summed E-state index contributed by atoms with van der Waals surface area (Å²) in [6.45, 7) is 0.686. The lowest BCUT2D eigenvalue weighted by atomic mass is 10.2. The number of pyridine rings is 1. The molecule has 0 unspecified atom stereocenters. The summed E-state index contributed by atoms with van der Waals surface area (Å²) in [5, 5.41) is 3.40. The minimum absolute atomic E-state index is 0.215. The van der Waals surface area contributed by atoms with Gasteiger partial charge in [-0.1, -0.05) is 15.9 Å². The van der Waals surface area contributed by atoms with Crippen molar-refractivity contribution in [2.75, 3.05) is 0 Å². The van der Waals surface area contributed by atoms with Crippen LogP contribution in [0.2, 0.25) is 0 Å². The minimum atomic E-state index is -0.391. The van der Waals surface area contributed by atoms with Crippen LogP contribution in [-0.2, 0) is 6.54 Å². The summed E-state index contributed by atoms with van der Waals surface area (Å²) in [6, 6.07) is 7.11. The summed E-state index contributed by atoms with van der Waals surface area (Å²) in [5.41, 5.74) is 0.932. The van der Waals surface area contributed by atoms with E-state index in [1.807, 2.05) is 0 Å². The molecule has 0 bridgehead atoms. The Morgan fingerprint density at radius 2 is 2.15 bits per heavy atom. The zero-order chi connectivity index (χ0) is 13.9. The molecule has 1 saturated carbocycles. The van der Waals surface area contributed by atoms with E-state index >= 15 is 0 Å². The second-order valence-corrected chi connectivity index (χ2v) is 5.73. The first-order valence-corrected chi connectivity index (χ1v) is 7.31. The van der Waals surface area contributed by atoms with Crippen LogP contribution in [0.5, 0.6) is 11.5 Å². The second-order valence-electron chi connectivity index (χ2n) is 4.82. The fourth-order valence-corrected chi connectivity index (χ4v) is 2.20. The smallest absolute Gasteiger partial charge is 0.166 e. The minimum Gasteiger partial charge on any atom is -0.454 e. The Bertz CT molecular complexity index is 617. The third-order valence-corrected chi connectivity index (χ3v) is 3.62. The number of ether oxygens (including phenoxy) is 1. The molecule has 20 heavy (non-hydrogen) atoms. The van der Waals surface area contributed by atoms with E-state index < -0.39 is 5.82 Å². The van der Waals surface area contributed by atoms with Crippen molar-refractivity contribution in [3.05, 3.63) is 52.5 Å². The number of benzene rings is 1. The van der Waals surface area contributed by atoms with Crippen molar-refractivity contribution in [3.63, 3.8) is 0 Å². The van der Waals surface area contributed by atoms with Gasteiger partial charge < -0.3 is 10.1 Å². The summed E-state index contributed by atoms with van der Waals surface area (Å²) in [5.74, 6) is 0.457. The van der Waals surface area contributed by atoms with Crippen LogP contribution < -0.4 is 10.1 Å². The molecule has 1 heterocycles. The van der Waals surface area contributed by atoms with Crippen LogP contribution in [-0.4, -0.2) is 11.0 Å². The van der Waals surface area contributed by atoms with Crippen LogP contribution >= 0.6 is 15.9 Å². The highest BCUT2D eigenvalue weighted by atomic mass is 79.9. The highest BCUT2D eigenvalue weighted by Crippen LogP contribution is 2.29. The molecular weight excluding hydrogens is 323 g/mol. The third kappa shape index (κ3) is 3.35. The molecule has 0 spiro atoms. The molecule has 1 aromatic carbocycles. The average Bonchev–Trinajstić information content (AvgIpc) is 3.25. The van der Waals surface area contributed by atoms with Crippen LogP contribution in [0.3, 0.4) is 0 Å². The number of rotatable bonds is 5. The van der Waals surface area contributed by atoms with Gasteiger partial charge in [-0.25, -0.2) is 4.39 Å². The highest BCUT2D eigenvalue weighted by molar-refractivity contribution is 9.10. The van der Waals surface area contributed by atoms with Crippen LogP contribution in [0, 0.1) is 5.82 Å². The molecule has 0 aliphatic heterocycles. The first-order valence-electron chi connectivity index (χ1n) is 6.51. The van der Waals surface area contributed by atoms with Gasteiger partial charge in [0.25, 0.3) is 0 Å². The predicted octanol–water partition coefficient (Wildman–Crippen LogP) is 4.03. The van der Waals surface area contributed by atoms with Gasteiger partial charge in [-0.05, 0) is 37.1 Å². The number of hydrogen-bond donors (Lipinski definition) is 1. The molecule has 0 radical (unpaired) electrons. The fraction of sp³-hybridized carbons (Fsp3) is 0.267. The van der Waals surface area contributed by atoms with E-state index in [2.05, 4.69) is 26.2 Å². The molecule has 5 heteroatoms.